The molecule has 2 nitrogen and oxygen atoms in total. The maximum atomic E-state index is 6.37. The van der Waals surface area contributed by atoms with Crippen molar-refractivity contribution in [1.29, 1.82) is 0 Å². The van der Waals surface area contributed by atoms with Crippen LogP contribution in [0.25, 0.3) is 10.2 Å². The molecule has 2 atom stereocenters. The number of thiazole rings is 1. The second-order valence-electron chi connectivity index (χ2n) is 5.71. The molecule has 2 aromatic rings. The van der Waals surface area contributed by atoms with Crippen LogP contribution < -0.4 is 5.73 Å². The Hall–Kier alpha value is -0.930. The van der Waals surface area contributed by atoms with Gasteiger partial charge in [-0.25, -0.2) is 4.98 Å². The molecule has 0 aliphatic heterocycles. The van der Waals surface area contributed by atoms with Crippen LogP contribution in [0.2, 0.25) is 0 Å². The molecule has 96 valence electrons. The van der Waals surface area contributed by atoms with Crippen molar-refractivity contribution >= 4 is 21.6 Å². The first-order valence-corrected chi connectivity index (χ1v) is 7.55. The molecule has 1 aliphatic rings. The lowest BCUT2D eigenvalue weighted by Crippen LogP contribution is -2.45. The maximum absolute atomic E-state index is 6.37. The Bertz CT molecular complexity index is 575. The molecule has 1 heterocycles. The van der Waals surface area contributed by atoms with Gasteiger partial charge in [0, 0.05) is 11.5 Å². The van der Waals surface area contributed by atoms with E-state index >= 15 is 0 Å². The van der Waals surface area contributed by atoms with Crippen molar-refractivity contribution in [1.82, 2.24) is 4.98 Å². The lowest BCUT2D eigenvalue weighted by atomic mass is 9.72. The highest BCUT2D eigenvalue weighted by Crippen LogP contribution is 2.41. The third kappa shape index (κ3) is 1.77. The van der Waals surface area contributed by atoms with Crippen LogP contribution in [-0.4, -0.2) is 11.0 Å². The molecule has 1 aliphatic carbocycles. The standard InChI is InChI=1S/C15H20N2S/c1-10-6-5-7-11-13(10)17-14(18-11)15(2)9-4-3-8-12(15)16/h5-7,12H,3-4,8-9,16H2,1-2H3. The van der Waals surface area contributed by atoms with Gasteiger partial charge in [0.05, 0.1) is 10.2 Å². The highest BCUT2D eigenvalue weighted by molar-refractivity contribution is 7.18. The second-order valence-corrected chi connectivity index (χ2v) is 6.74. The average Bonchev–Trinajstić information content (AvgIpc) is 2.79. The fraction of sp³-hybridized carbons (Fsp3) is 0.533. The average molecular weight is 260 g/mol. The zero-order valence-electron chi connectivity index (χ0n) is 11.1. The van der Waals surface area contributed by atoms with E-state index in [9.17, 15) is 0 Å². The topological polar surface area (TPSA) is 38.9 Å². The Morgan fingerprint density at radius 2 is 2.22 bits per heavy atom. The number of rotatable bonds is 1. The van der Waals surface area contributed by atoms with Crippen molar-refractivity contribution in [2.24, 2.45) is 5.73 Å². The lowest BCUT2D eigenvalue weighted by molar-refractivity contribution is 0.271. The van der Waals surface area contributed by atoms with Crippen molar-refractivity contribution in [3.8, 4) is 0 Å². The van der Waals surface area contributed by atoms with Crippen molar-refractivity contribution in [2.45, 2.75) is 51.0 Å². The van der Waals surface area contributed by atoms with Crippen LogP contribution in [0.4, 0.5) is 0 Å². The molecule has 2 unspecified atom stereocenters. The zero-order chi connectivity index (χ0) is 12.8. The Labute approximate surface area is 112 Å². The third-order valence-corrected chi connectivity index (χ3v) is 5.69. The van der Waals surface area contributed by atoms with E-state index in [0.29, 0.717) is 0 Å². The van der Waals surface area contributed by atoms with E-state index in [0.717, 1.165) is 11.9 Å². The Kier molecular flexibility index (Phi) is 2.91. The lowest BCUT2D eigenvalue weighted by Gasteiger charge is -2.37. The van der Waals surface area contributed by atoms with Crippen LogP contribution in [0.3, 0.4) is 0 Å². The molecule has 0 bridgehead atoms. The molecule has 3 heteroatoms. The molecule has 1 fully saturated rings. The van der Waals surface area contributed by atoms with Gasteiger partial charge in [-0.15, -0.1) is 11.3 Å². The Morgan fingerprint density at radius 3 is 2.94 bits per heavy atom. The number of hydrogen-bond donors (Lipinski definition) is 1. The molecule has 1 aromatic carbocycles. The summed E-state index contributed by atoms with van der Waals surface area (Å²) in [5.41, 5.74) is 8.88. The van der Waals surface area contributed by atoms with Crippen molar-refractivity contribution in [2.75, 3.05) is 0 Å². The summed E-state index contributed by atoms with van der Waals surface area (Å²) in [7, 11) is 0. The van der Waals surface area contributed by atoms with E-state index in [1.165, 1.54) is 34.5 Å². The monoisotopic (exact) mass is 260 g/mol. The van der Waals surface area contributed by atoms with Gasteiger partial charge in [0.25, 0.3) is 0 Å². The third-order valence-electron chi connectivity index (χ3n) is 4.39. The molecule has 1 aromatic heterocycles. The number of aryl methyl sites for hydroxylation is 1. The predicted molar refractivity (Wildman–Crippen MR) is 78.2 cm³/mol. The van der Waals surface area contributed by atoms with Gasteiger partial charge >= 0.3 is 0 Å². The number of aromatic nitrogens is 1. The van der Waals surface area contributed by atoms with Gasteiger partial charge in [-0.1, -0.05) is 31.9 Å². The molecular weight excluding hydrogens is 240 g/mol. The van der Waals surface area contributed by atoms with Gasteiger partial charge in [0.15, 0.2) is 0 Å². The molecule has 0 amide bonds. The summed E-state index contributed by atoms with van der Waals surface area (Å²) in [6.45, 7) is 4.43. The highest BCUT2D eigenvalue weighted by atomic mass is 32.1. The first-order chi connectivity index (χ1) is 8.61. The summed E-state index contributed by atoms with van der Waals surface area (Å²) >= 11 is 1.83. The van der Waals surface area contributed by atoms with E-state index in [4.69, 9.17) is 10.7 Å². The predicted octanol–water partition coefficient (Wildman–Crippen LogP) is 3.76. The van der Waals surface area contributed by atoms with Crippen molar-refractivity contribution in [3.05, 3.63) is 28.8 Å². The van der Waals surface area contributed by atoms with E-state index in [1.807, 2.05) is 11.3 Å². The van der Waals surface area contributed by atoms with Crippen LogP contribution >= 0.6 is 11.3 Å². The summed E-state index contributed by atoms with van der Waals surface area (Å²) in [4.78, 5) is 4.90. The second kappa shape index (κ2) is 4.32. The number of para-hydroxylation sites is 1. The minimum atomic E-state index is 0.0778. The van der Waals surface area contributed by atoms with Crippen molar-refractivity contribution in [3.63, 3.8) is 0 Å². The van der Waals surface area contributed by atoms with Crippen LogP contribution in [-0.2, 0) is 5.41 Å². The number of nitrogens with zero attached hydrogens (tertiary/aromatic N) is 1. The molecular formula is C15H20N2S. The van der Waals surface area contributed by atoms with Crippen LogP contribution in [0.5, 0.6) is 0 Å². The van der Waals surface area contributed by atoms with Gasteiger partial charge in [-0.3, -0.25) is 0 Å². The van der Waals surface area contributed by atoms with Crippen LogP contribution in [0.15, 0.2) is 18.2 Å². The zero-order valence-corrected chi connectivity index (χ0v) is 11.9. The first-order valence-electron chi connectivity index (χ1n) is 6.73. The summed E-state index contributed by atoms with van der Waals surface area (Å²) in [5.74, 6) is 0. The Morgan fingerprint density at radius 1 is 1.39 bits per heavy atom. The fourth-order valence-electron chi connectivity index (χ4n) is 2.96. The number of fused-ring (bicyclic) bond motifs is 1. The smallest absolute Gasteiger partial charge is 0.101 e. The summed E-state index contributed by atoms with van der Waals surface area (Å²) in [6.07, 6.45) is 4.85. The van der Waals surface area contributed by atoms with Gasteiger partial charge in [0.1, 0.15) is 5.01 Å². The molecule has 18 heavy (non-hydrogen) atoms. The molecule has 3 rings (SSSR count). The fourth-order valence-corrected chi connectivity index (χ4v) is 4.24. The number of nitrogens with two attached hydrogens (primary N) is 1. The van der Waals surface area contributed by atoms with Crippen LogP contribution in [0.1, 0.15) is 43.2 Å². The summed E-state index contributed by atoms with van der Waals surface area (Å²) in [6, 6.07) is 6.67. The highest BCUT2D eigenvalue weighted by Gasteiger charge is 2.38. The SMILES string of the molecule is Cc1cccc2sc(C3(C)CCCCC3N)nc12. The van der Waals surface area contributed by atoms with E-state index in [2.05, 4.69) is 32.0 Å². The normalized spacial score (nSPS) is 28.7. The molecule has 0 spiro atoms. The van der Waals surface area contributed by atoms with Gasteiger partial charge in [-0.05, 0) is 31.4 Å². The minimum absolute atomic E-state index is 0.0778. The first kappa shape index (κ1) is 12.1. The molecule has 0 saturated heterocycles. The van der Waals surface area contributed by atoms with E-state index in [1.54, 1.807) is 0 Å². The number of hydrogen-bond acceptors (Lipinski definition) is 3. The minimum Gasteiger partial charge on any atom is -0.327 e. The summed E-state index contributed by atoms with van der Waals surface area (Å²) < 4.78 is 1.30. The number of benzene rings is 1. The van der Waals surface area contributed by atoms with Crippen LogP contribution in [0, 0.1) is 6.92 Å². The van der Waals surface area contributed by atoms with Gasteiger partial charge in [0.2, 0.25) is 0 Å². The Balaban J connectivity index is 2.11. The molecule has 1 saturated carbocycles. The summed E-state index contributed by atoms with van der Waals surface area (Å²) in [5, 5.41) is 1.24. The van der Waals surface area contributed by atoms with Gasteiger partial charge < -0.3 is 5.73 Å². The van der Waals surface area contributed by atoms with E-state index in [-0.39, 0.29) is 11.5 Å². The van der Waals surface area contributed by atoms with Crippen molar-refractivity contribution < 1.29 is 0 Å². The molecule has 0 radical (unpaired) electrons. The van der Waals surface area contributed by atoms with Gasteiger partial charge in [-0.2, -0.15) is 0 Å². The largest absolute Gasteiger partial charge is 0.327 e. The molecule has 2 N–H and O–H groups in total. The maximum Gasteiger partial charge on any atom is 0.101 e. The van der Waals surface area contributed by atoms with E-state index < -0.39 is 0 Å². The quantitative estimate of drug-likeness (QED) is 0.848.